The monoisotopic (exact) mass is 323 g/mol. The molecule has 0 spiro atoms. The summed E-state index contributed by atoms with van der Waals surface area (Å²) in [5, 5.41) is 9.26. The third-order valence-corrected chi connectivity index (χ3v) is 7.02. The largest absolute Gasteiger partial charge is 0.396 e. The molecule has 0 bridgehead atoms. The fraction of sp³-hybridized carbons (Fsp3) is 0.647. The Morgan fingerprint density at radius 2 is 1.77 bits per heavy atom. The molecule has 2 fully saturated rings. The summed E-state index contributed by atoms with van der Waals surface area (Å²) in [5.74, 6) is 0.463. The molecule has 4 nitrogen and oxygen atoms in total. The molecule has 0 aromatic heterocycles. The summed E-state index contributed by atoms with van der Waals surface area (Å²) in [6, 6.07) is 7.15. The van der Waals surface area contributed by atoms with Crippen LogP contribution in [0.3, 0.4) is 0 Å². The fourth-order valence-electron chi connectivity index (χ4n) is 3.88. The second kappa shape index (κ2) is 6.30. The third kappa shape index (κ3) is 2.94. The Morgan fingerprint density at radius 1 is 1.14 bits per heavy atom. The topological polar surface area (TPSA) is 57.4 Å². The number of hydrogen-bond donors (Lipinski definition) is 1. The lowest BCUT2D eigenvalue weighted by Gasteiger charge is -2.21. The number of rotatable bonds is 5. The molecular formula is C17H25NO3S. The predicted octanol–water partition coefficient (Wildman–Crippen LogP) is 2.70. The van der Waals surface area contributed by atoms with E-state index in [1.54, 1.807) is 16.4 Å². The van der Waals surface area contributed by atoms with Crippen LogP contribution in [-0.2, 0) is 10.0 Å². The van der Waals surface area contributed by atoms with Gasteiger partial charge < -0.3 is 5.11 Å². The number of aliphatic hydroxyl groups is 1. The minimum Gasteiger partial charge on any atom is -0.396 e. The number of aryl methyl sites for hydroxylation is 1. The number of hydrogen-bond acceptors (Lipinski definition) is 3. The van der Waals surface area contributed by atoms with Crippen LogP contribution < -0.4 is 0 Å². The van der Waals surface area contributed by atoms with E-state index >= 15 is 0 Å². The van der Waals surface area contributed by atoms with E-state index in [0.717, 1.165) is 18.4 Å². The van der Waals surface area contributed by atoms with E-state index in [9.17, 15) is 13.5 Å². The van der Waals surface area contributed by atoms with Gasteiger partial charge in [-0.05, 0) is 44.2 Å². The van der Waals surface area contributed by atoms with E-state index in [-0.39, 0.29) is 18.7 Å². The Kier molecular flexibility index (Phi) is 4.57. The summed E-state index contributed by atoms with van der Waals surface area (Å²) >= 11 is 0. The van der Waals surface area contributed by atoms with Crippen molar-refractivity contribution in [2.24, 2.45) is 5.92 Å². The van der Waals surface area contributed by atoms with Gasteiger partial charge in [0.15, 0.2) is 0 Å². The first-order chi connectivity index (χ1) is 10.6. The van der Waals surface area contributed by atoms with Crippen LogP contribution in [0.5, 0.6) is 0 Å². The SMILES string of the molecule is Cc1ccc(S(=O)(=O)N2[C@H](C3CCCCC3)[C@@H]2CCO)cc1. The molecular weight excluding hydrogens is 298 g/mol. The lowest BCUT2D eigenvalue weighted by molar-refractivity contribution is 0.281. The first-order valence-electron chi connectivity index (χ1n) is 8.27. The Hall–Kier alpha value is -0.910. The molecule has 1 aliphatic carbocycles. The smallest absolute Gasteiger partial charge is 0.243 e. The summed E-state index contributed by atoms with van der Waals surface area (Å²) in [5.41, 5.74) is 1.06. The second-order valence-electron chi connectivity index (χ2n) is 6.62. The van der Waals surface area contributed by atoms with E-state index in [1.807, 2.05) is 19.1 Å². The van der Waals surface area contributed by atoms with Crippen molar-refractivity contribution in [3.63, 3.8) is 0 Å². The zero-order chi connectivity index (χ0) is 15.7. The first kappa shape index (κ1) is 16.0. The molecule has 1 N–H and O–H groups in total. The van der Waals surface area contributed by atoms with Crippen LogP contribution in [-0.4, -0.2) is 36.5 Å². The molecule has 1 aliphatic heterocycles. The van der Waals surface area contributed by atoms with Gasteiger partial charge in [0, 0.05) is 18.7 Å². The third-order valence-electron chi connectivity index (χ3n) is 5.08. The van der Waals surface area contributed by atoms with Gasteiger partial charge in [0.2, 0.25) is 10.0 Å². The molecule has 1 unspecified atom stereocenters. The Labute approximate surface area is 133 Å². The maximum absolute atomic E-state index is 12.9. The van der Waals surface area contributed by atoms with E-state index in [4.69, 9.17) is 0 Å². The number of aliphatic hydroxyl groups excluding tert-OH is 1. The number of sulfonamides is 1. The lowest BCUT2D eigenvalue weighted by atomic mass is 9.85. The van der Waals surface area contributed by atoms with Crippen molar-refractivity contribution >= 4 is 10.0 Å². The summed E-state index contributed by atoms with van der Waals surface area (Å²) in [6.45, 7) is 2.00. The van der Waals surface area contributed by atoms with Crippen LogP contribution in [0.2, 0.25) is 0 Å². The van der Waals surface area contributed by atoms with Crippen molar-refractivity contribution in [3.05, 3.63) is 29.8 Å². The van der Waals surface area contributed by atoms with Gasteiger partial charge in [0.1, 0.15) is 0 Å². The quantitative estimate of drug-likeness (QED) is 0.848. The zero-order valence-electron chi connectivity index (χ0n) is 13.1. The molecule has 1 heterocycles. The predicted molar refractivity (Wildman–Crippen MR) is 86.1 cm³/mol. The standard InChI is InChI=1S/C17H25NO3S/c1-13-7-9-15(10-8-13)22(20,21)18-16(11-12-19)17(18)14-5-3-2-4-6-14/h7-10,14,16-17,19H,2-6,11-12H2,1H3/t16-,17+,18?/m0/s1. The van der Waals surface area contributed by atoms with Crippen molar-refractivity contribution in [2.45, 2.75) is 62.4 Å². The molecule has 3 atom stereocenters. The average molecular weight is 323 g/mol. The van der Waals surface area contributed by atoms with Crippen LogP contribution in [0.1, 0.15) is 44.1 Å². The summed E-state index contributed by atoms with van der Waals surface area (Å²) in [4.78, 5) is 0.374. The van der Waals surface area contributed by atoms with Gasteiger partial charge in [-0.2, -0.15) is 4.31 Å². The zero-order valence-corrected chi connectivity index (χ0v) is 13.9. The van der Waals surface area contributed by atoms with Crippen molar-refractivity contribution in [1.29, 1.82) is 0 Å². The van der Waals surface area contributed by atoms with E-state index in [1.165, 1.54) is 19.3 Å². The second-order valence-corrected chi connectivity index (χ2v) is 8.46. The summed E-state index contributed by atoms with van der Waals surface area (Å²) in [7, 11) is -3.43. The minimum atomic E-state index is -3.43. The molecule has 122 valence electrons. The maximum Gasteiger partial charge on any atom is 0.243 e. The summed E-state index contributed by atoms with van der Waals surface area (Å²) < 4.78 is 27.4. The highest BCUT2D eigenvalue weighted by Crippen LogP contribution is 2.46. The summed E-state index contributed by atoms with van der Waals surface area (Å²) in [6.07, 6.45) is 6.45. The van der Waals surface area contributed by atoms with Crippen LogP contribution in [0.25, 0.3) is 0 Å². The Balaban J connectivity index is 1.83. The fourth-order valence-corrected chi connectivity index (χ4v) is 5.76. The molecule has 5 heteroatoms. The molecule has 0 radical (unpaired) electrons. The van der Waals surface area contributed by atoms with Gasteiger partial charge in [0.25, 0.3) is 0 Å². The minimum absolute atomic E-state index is 0.0144. The molecule has 1 saturated heterocycles. The van der Waals surface area contributed by atoms with Crippen molar-refractivity contribution in [3.8, 4) is 0 Å². The van der Waals surface area contributed by atoms with Gasteiger partial charge >= 0.3 is 0 Å². The van der Waals surface area contributed by atoms with Gasteiger partial charge in [-0.15, -0.1) is 0 Å². The van der Waals surface area contributed by atoms with Gasteiger partial charge in [-0.25, -0.2) is 8.42 Å². The molecule has 1 aromatic rings. The molecule has 1 aromatic carbocycles. The number of nitrogens with zero attached hydrogens (tertiary/aromatic N) is 1. The van der Waals surface area contributed by atoms with Crippen molar-refractivity contribution in [1.82, 2.24) is 4.31 Å². The lowest BCUT2D eigenvalue weighted by Crippen LogP contribution is -2.21. The Bertz CT molecular complexity index is 605. The average Bonchev–Trinajstić information content (AvgIpc) is 3.24. The molecule has 1 saturated carbocycles. The highest BCUT2D eigenvalue weighted by molar-refractivity contribution is 7.89. The van der Waals surface area contributed by atoms with E-state index in [0.29, 0.717) is 17.2 Å². The van der Waals surface area contributed by atoms with Gasteiger partial charge in [-0.1, -0.05) is 37.0 Å². The van der Waals surface area contributed by atoms with E-state index in [2.05, 4.69) is 0 Å². The molecule has 0 amide bonds. The van der Waals surface area contributed by atoms with Crippen LogP contribution in [0.4, 0.5) is 0 Å². The molecule has 22 heavy (non-hydrogen) atoms. The van der Waals surface area contributed by atoms with Gasteiger partial charge in [-0.3, -0.25) is 0 Å². The maximum atomic E-state index is 12.9. The van der Waals surface area contributed by atoms with Crippen LogP contribution >= 0.6 is 0 Å². The molecule has 2 aliphatic rings. The number of benzene rings is 1. The van der Waals surface area contributed by atoms with Crippen molar-refractivity contribution < 1.29 is 13.5 Å². The highest BCUT2D eigenvalue weighted by atomic mass is 32.2. The van der Waals surface area contributed by atoms with Crippen LogP contribution in [0.15, 0.2) is 29.2 Å². The molecule has 3 rings (SSSR count). The Morgan fingerprint density at radius 3 is 2.36 bits per heavy atom. The van der Waals surface area contributed by atoms with Crippen LogP contribution in [0, 0.1) is 12.8 Å². The first-order valence-corrected chi connectivity index (χ1v) is 9.71. The van der Waals surface area contributed by atoms with Crippen molar-refractivity contribution in [2.75, 3.05) is 6.61 Å². The normalized spacial score (nSPS) is 29.5. The highest BCUT2D eigenvalue weighted by Gasteiger charge is 2.57. The van der Waals surface area contributed by atoms with E-state index < -0.39 is 10.0 Å². The van der Waals surface area contributed by atoms with Gasteiger partial charge in [0.05, 0.1) is 4.90 Å².